The van der Waals surface area contributed by atoms with Crippen LogP contribution in [-0.2, 0) is 23.1 Å². The van der Waals surface area contributed by atoms with Crippen LogP contribution in [0.1, 0.15) is 24.3 Å². The molecule has 27 heavy (non-hydrogen) atoms. The first kappa shape index (κ1) is 21.5. The summed E-state index contributed by atoms with van der Waals surface area (Å²) in [6.07, 6.45) is 0.539. The molecule has 2 rings (SSSR count). The van der Waals surface area contributed by atoms with Crippen LogP contribution in [0.15, 0.2) is 54.6 Å². The van der Waals surface area contributed by atoms with E-state index >= 15 is 0 Å². The zero-order valence-corrected chi connectivity index (χ0v) is 16.8. The molecule has 0 aliphatic rings. The first-order chi connectivity index (χ1) is 13.0. The van der Waals surface area contributed by atoms with E-state index in [1.54, 1.807) is 54.6 Å². The van der Waals surface area contributed by atoms with Crippen LogP contribution in [0, 0.1) is 0 Å². The monoisotopic (exact) mass is 412 g/mol. The van der Waals surface area contributed by atoms with Gasteiger partial charge in [-0.2, -0.15) is 0 Å². The number of hydrogen-bond donors (Lipinski definition) is 0. The van der Waals surface area contributed by atoms with Crippen molar-refractivity contribution in [2.24, 2.45) is 0 Å². The summed E-state index contributed by atoms with van der Waals surface area (Å²) in [5.74, 6) is -0.977. The molecule has 1 atom stereocenters. The molecule has 0 fully saturated rings. The van der Waals surface area contributed by atoms with Gasteiger partial charge in [-0.25, -0.2) is 0 Å². The molecule has 0 saturated carbocycles. The fourth-order valence-corrected chi connectivity index (χ4v) is 3.76. The smallest absolute Gasteiger partial charge is 0.375 e. The molecule has 8 heteroatoms. The van der Waals surface area contributed by atoms with E-state index in [0.29, 0.717) is 29.4 Å². The van der Waals surface area contributed by atoms with Crippen molar-refractivity contribution in [2.75, 3.05) is 20.8 Å². The van der Waals surface area contributed by atoms with Crippen molar-refractivity contribution in [2.45, 2.75) is 18.7 Å². The van der Waals surface area contributed by atoms with E-state index in [1.165, 1.54) is 14.2 Å². The second-order valence-corrected chi connectivity index (χ2v) is 8.28. The van der Waals surface area contributed by atoms with Crippen LogP contribution in [0.5, 0.6) is 5.75 Å². The maximum atomic E-state index is 12.8. The lowest BCUT2D eigenvalue weighted by atomic mass is 10.2. The van der Waals surface area contributed by atoms with E-state index in [4.69, 9.17) is 30.1 Å². The van der Waals surface area contributed by atoms with Crippen LogP contribution < -0.4 is 4.74 Å². The third kappa shape index (κ3) is 6.36. The van der Waals surface area contributed by atoms with Crippen molar-refractivity contribution in [1.82, 2.24) is 0 Å². The Morgan fingerprint density at radius 2 is 1.67 bits per heavy atom. The van der Waals surface area contributed by atoms with Gasteiger partial charge in [0.05, 0.1) is 6.61 Å². The molecule has 0 saturated heterocycles. The topological polar surface area (TPSA) is 71.1 Å². The Kier molecular flexibility index (Phi) is 8.32. The molecule has 0 bridgehead atoms. The van der Waals surface area contributed by atoms with E-state index in [1.807, 2.05) is 0 Å². The third-order valence-corrected chi connectivity index (χ3v) is 5.98. The van der Waals surface area contributed by atoms with Gasteiger partial charge in [-0.1, -0.05) is 41.9 Å². The highest BCUT2D eigenvalue weighted by molar-refractivity contribution is 7.54. The second kappa shape index (κ2) is 10.5. The molecular formula is C19H22ClO6P. The Bertz CT molecular complexity index is 758. The van der Waals surface area contributed by atoms with Gasteiger partial charge in [0.2, 0.25) is 5.85 Å². The Morgan fingerprint density at radius 1 is 1.04 bits per heavy atom. The van der Waals surface area contributed by atoms with Crippen LogP contribution >= 0.6 is 19.2 Å². The molecule has 0 aliphatic carbocycles. The largest absolute Gasteiger partial charge is 0.494 e. The molecule has 0 radical (unpaired) electrons. The first-order valence-corrected chi connectivity index (χ1v) is 10.3. The van der Waals surface area contributed by atoms with Crippen LogP contribution in [0.2, 0.25) is 5.02 Å². The minimum Gasteiger partial charge on any atom is -0.494 e. The predicted octanol–water partition coefficient (Wildman–Crippen LogP) is 5.23. The molecule has 0 spiro atoms. The third-order valence-electron chi connectivity index (χ3n) is 3.73. The summed E-state index contributed by atoms with van der Waals surface area (Å²) < 4.78 is 33.8. The normalized spacial score (nSPS) is 12.4. The number of carbonyl (C=O) groups excluding carboxylic acids is 1. The zero-order chi connectivity index (χ0) is 19.7. The van der Waals surface area contributed by atoms with Gasteiger partial charge in [-0.3, -0.25) is 9.36 Å². The van der Waals surface area contributed by atoms with Gasteiger partial charge in [-0.05, 0) is 30.7 Å². The molecular weight excluding hydrogens is 391 g/mol. The summed E-state index contributed by atoms with van der Waals surface area (Å²) in [6, 6.07) is 15.7. The summed E-state index contributed by atoms with van der Waals surface area (Å²) in [4.78, 5) is 12.2. The van der Waals surface area contributed by atoms with Crippen LogP contribution in [0.4, 0.5) is 0 Å². The van der Waals surface area contributed by atoms with E-state index in [2.05, 4.69) is 0 Å². The number of ether oxygens (including phenoxy) is 2. The first-order valence-electron chi connectivity index (χ1n) is 8.32. The van der Waals surface area contributed by atoms with E-state index in [-0.39, 0.29) is 6.42 Å². The lowest BCUT2D eigenvalue weighted by Gasteiger charge is -2.24. The molecule has 0 N–H and O–H groups in total. The van der Waals surface area contributed by atoms with E-state index in [0.717, 1.165) is 0 Å². The predicted molar refractivity (Wildman–Crippen MR) is 103 cm³/mol. The lowest BCUT2D eigenvalue weighted by molar-refractivity contribution is -0.146. The number of halogens is 1. The molecule has 0 aromatic heterocycles. The van der Waals surface area contributed by atoms with Crippen LogP contribution in [0.3, 0.4) is 0 Å². The number of rotatable bonds is 10. The van der Waals surface area contributed by atoms with E-state index in [9.17, 15) is 9.36 Å². The SMILES string of the molecule is COP(=O)(OC)C(OC(=O)CCCOc1ccc(Cl)cc1)c1ccccc1. The average Bonchev–Trinajstić information content (AvgIpc) is 2.71. The van der Waals surface area contributed by atoms with Gasteiger partial charge in [0.1, 0.15) is 5.75 Å². The van der Waals surface area contributed by atoms with Crippen molar-refractivity contribution in [3.63, 3.8) is 0 Å². The van der Waals surface area contributed by atoms with Gasteiger partial charge in [0, 0.05) is 31.2 Å². The summed E-state index contributed by atoms with van der Waals surface area (Å²) in [7, 11) is -1.13. The van der Waals surface area contributed by atoms with Gasteiger partial charge in [0.25, 0.3) is 0 Å². The summed E-state index contributed by atoms with van der Waals surface area (Å²) in [5, 5.41) is 0.624. The Balaban J connectivity index is 1.91. The van der Waals surface area contributed by atoms with E-state index < -0.39 is 19.4 Å². The molecule has 0 amide bonds. The van der Waals surface area contributed by atoms with Gasteiger partial charge in [0.15, 0.2) is 0 Å². The Morgan fingerprint density at radius 3 is 2.26 bits per heavy atom. The molecule has 2 aromatic rings. The second-order valence-electron chi connectivity index (χ2n) is 5.56. The average molecular weight is 413 g/mol. The summed E-state index contributed by atoms with van der Waals surface area (Å²) >= 11 is 5.81. The fourth-order valence-electron chi connectivity index (χ4n) is 2.32. The molecule has 146 valence electrons. The zero-order valence-electron chi connectivity index (χ0n) is 15.2. The highest BCUT2D eigenvalue weighted by Crippen LogP contribution is 2.60. The fraction of sp³-hybridized carbons (Fsp3) is 0.316. The Labute approximate surface area is 163 Å². The van der Waals surface area contributed by atoms with Gasteiger partial charge < -0.3 is 18.5 Å². The maximum Gasteiger partial charge on any atom is 0.375 e. The standard InChI is InChI=1S/C19H22ClO6P/c1-23-27(22,24-2)19(15-7-4-3-5-8-15)26-18(21)9-6-14-25-17-12-10-16(20)11-13-17/h3-5,7-8,10-13,19H,6,9,14H2,1-2H3. The number of esters is 1. The quantitative estimate of drug-likeness (QED) is 0.302. The van der Waals surface area contributed by atoms with Crippen LogP contribution in [-0.4, -0.2) is 26.8 Å². The molecule has 0 heterocycles. The summed E-state index contributed by atoms with van der Waals surface area (Å²) in [6.45, 7) is 0.332. The highest BCUT2D eigenvalue weighted by atomic mass is 35.5. The molecule has 1 unspecified atom stereocenters. The van der Waals surface area contributed by atoms with Gasteiger partial charge >= 0.3 is 13.6 Å². The minimum atomic E-state index is -3.65. The molecule has 6 nitrogen and oxygen atoms in total. The highest BCUT2D eigenvalue weighted by Gasteiger charge is 2.38. The van der Waals surface area contributed by atoms with Crippen molar-refractivity contribution in [3.05, 3.63) is 65.2 Å². The van der Waals surface area contributed by atoms with Gasteiger partial charge in [-0.15, -0.1) is 0 Å². The number of carbonyl (C=O) groups is 1. The Hall–Kier alpha value is -1.85. The number of benzene rings is 2. The van der Waals surface area contributed by atoms with Crippen LogP contribution in [0.25, 0.3) is 0 Å². The minimum absolute atomic E-state index is 0.102. The van der Waals surface area contributed by atoms with Crippen molar-refractivity contribution in [3.8, 4) is 5.75 Å². The maximum absolute atomic E-state index is 12.8. The lowest BCUT2D eigenvalue weighted by Crippen LogP contribution is -2.14. The molecule has 0 aliphatic heterocycles. The molecule has 2 aromatic carbocycles. The van der Waals surface area contributed by atoms with Crippen molar-refractivity contribution >= 4 is 25.2 Å². The number of hydrogen-bond acceptors (Lipinski definition) is 6. The summed E-state index contributed by atoms with van der Waals surface area (Å²) in [5.41, 5.74) is 0.537. The van der Waals surface area contributed by atoms with Crippen molar-refractivity contribution < 1.29 is 27.9 Å². The van der Waals surface area contributed by atoms with Crippen molar-refractivity contribution in [1.29, 1.82) is 0 Å².